The van der Waals surface area contributed by atoms with Crippen LogP contribution in [0.1, 0.15) is 38.0 Å². The van der Waals surface area contributed by atoms with E-state index in [1.54, 1.807) is 30.3 Å². The zero-order valence-corrected chi connectivity index (χ0v) is 14.6. The predicted octanol–water partition coefficient (Wildman–Crippen LogP) is 2.97. The molecule has 1 aliphatic rings. The van der Waals surface area contributed by atoms with E-state index in [0.717, 1.165) is 11.0 Å². The van der Waals surface area contributed by atoms with Crippen LogP contribution >= 0.6 is 0 Å². The third-order valence-electron chi connectivity index (χ3n) is 4.10. The molecule has 1 N–H and O–H groups in total. The molecule has 2 aromatic carbocycles. The molecule has 1 heterocycles. The number of anilines is 1. The molecule has 0 spiro atoms. The second-order valence-corrected chi connectivity index (χ2v) is 5.81. The number of imide groups is 1. The summed E-state index contributed by atoms with van der Waals surface area (Å²) in [6.07, 6.45) is 1.12. The molecule has 0 bridgehead atoms. The van der Waals surface area contributed by atoms with Crippen LogP contribution in [0.3, 0.4) is 0 Å². The summed E-state index contributed by atoms with van der Waals surface area (Å²) in [5.41, 5.74) is 1.33. The van der Waals surface area contributed by atoms with Crippen molar-refractivity contribution in [1.82, 2.24) is 4.90 Å². The van der Waals surface area contributed by atoms with Gasteiger partial charge in [0.15, 0.2) is 0 Å². The molecule has 1 aliphatic heterocycles. The summed E-state index contributed by atoms with van der Waals surface area (Å²) in [5, 5.41) is 11.5. The molecule has 3 amide bonds. The van der Waals surface area contributed by atoms with Gasteiger partial charge in [-0.2, -0.15) is 5.26 Å². The van der Waals surface area contributed by atoms with Crippen molar-refractivity contribution in [2.45, 2.75) is 6.92 Å². The molecule has 0 unspecified atom stereocenters. The smallest absolute Gasteiger partial charge is 0.265 e. The number of nitrogens with one attached hydrogen (secondary N) is 1. The lowest BCUT2D eigenvalue weighted by molar-refractivity contribution is 0.0704. The molecule has 0 saturated carbocycles. The van der Waals surface area contributed by atoms with Gasteiger partial charge in [0, 0.05) is 29.1 Å². The maximum absolute atomic E-state index is 12.5. The fourth-order valence-corrected chi connectivity index (χ4v) is 2.76. The maximum Gasteiger partial charge on any atom is 0.265 e. The largest absolute Gasteiger partial charge is 0.497 e. The molecule has 3 rings (SSSR count). The number of benzene rings is 2. The number of fused-ring (bicyclic) bond motifs is 1. The molecular weight excluding hydrogens is 346 g/mol. The number of methoxy groups -OCH3 is 1. The lowest BCUT2D eigenvalue weighted by Gasteiger charge is -2.12. The molecule has 27 heavy (non-hydrogen) atoms. The zero-order valence-electron chi connectivity index (χ0n) is 14.6. The van der Waals surface area contributed by atoms with Crippen LogP contribution in [0.15, 0.2) is 54.2 Å². The Kier molecular flexibility index (Phi) is 4.73. The van der Waals surface area contributed by atoms with Gasteiger partial charge in [-0.05, 0) is 37.3 Å². The average molecular weight is 361 g/mol. The van der Waals surface area contributed by atoms with Crippen molar-refractivity contribution in [3.63, 3.8) is 0 Å². The molecule has 7 heteroatoms. The Balaban J connectivity index is 1.88. The van der Waals surface area contributed by atoms with E-state index in [9.17, 15) is 14.4 Å². The average Bonchev–Trinajstić information content (AvgIpc) is 2.92. The van der Waals surface area contributed by atoms with Crippen molar-refractivity contribution >= 4 is 23.4 Å². The van der Waals surface area contributed by atoms with Crippen molar-refractivity contribution in [1.29, 1.82) is 5.26 Å². The Morgan fingerprint density at radius 3 is 2.59 bits per heavy atom. The van der Waals surface area contributed by atoms with Crippen molar-refractivity contribution in [3.05, 3.63) is 70.9 Å². The first-order valence-corrected chi connectivity index (χ1v) is 8.01. The number of rotatable bonds is 4. The molecule has 0 fully saturated rings. The number of nitrogens with zero attached hydrogens (tertiary/aromatic N) is 2. The summed E-state index contributed by atoms with van der Waals surface area (Å²) >= 11 is 0. The quantitative estimate of drug-likeness (QED) is 0.667. The third kappa shape index (κ3) is 3.28. The van der Waals surface area contributed by atoms with Crippen molar-refractivity contribution < 1.29 is 19.1 Å². The number of amides is 3. The van der Waals surface area contributed by atoms with Gasteiger partial charge in [0.05, 0.1) is 24.3 Å². The molecule has 0 aliphatic carbocycles. The SMILES string of the molecule is COc1cccc(NC(=O)c2ccc3c(c2)C(=O)N(/C(C)=C/C#N)C3=O)c1. The molecule has 0 radical (unpaired) electrons. The highest BCUT2D eigenvalue weighted by Gasteiger charge is 2.37. The Labute approximate surface area is 155 Å². The number of carbonyl (C=O) groups is 3. The van der Waals surface area contributed by atoms with Crippen LogP contribution < -0.4 is 10.1 Å². The maximum atomic E-state index is 12.5. The second kappa shape index (κ2) is 7.14. The van der Waals surface area contributed by atoms with Gasteiger partial charge in [-0.15, -0.1) is 0 Å². The van der Waals surface area contributed by atoms with Crippen molar-refractivity contribution in [2.24, 2.45) is 0 Å². The van der Waals surface area contributed by atoms with Crippen LogP contribution in [-0.2, 0) is 0 Å². The van der Waals surface area contributed by atoms with E-state index >= 15 is 0 Å². The van der Waals surface area contributed by atoms with E-state index in [-0.39, 0.29) is 22.4 Å². The number of hydrogen-bond acceptors (Lipinski definition) is 5. The summed E-state index contributed by atoms with van der Waals surface area (Å²) in [7, 11) is 1.53. The lowest BCUT2D eigenvalue weighted by Crippen LogP contribution is -2.27. The Bertz CT molecular complexity index is 1030. The Morgan fingerprint density at radius 2 is 1.89 bits per heavy atom. The Morgan fingerprint density at radius 1 is 1.15 bits per heavy atom. The second-order valence-electron chi connectivity index (χ2n) is 5.81. The molecule has 2 aromatic rings. The fourth-order valence-electron chi connectivity index (χ4n) is 2.76. The van der Waals surface area contributed by atoms with E-state index in [1.165, 1.54) is 32.2 Å². The van der Waals surface area contributed by atoms with E-state index in [4.69, 9.17) is 10.00 Å². The van der Waals surface area contributed by atoms with Crippen LogP contribution in [0, 0.1) is 11.3 Å². The zero-order chi connectivity index (χ0) is 19.6. The monoisotopic (exact) mass is 361 g/mol. The number of hydrogen-bond donors (Lipinski definition) is 1. The minimum atomic E-state index is -0.560. The van der Waals surface area contributed by atoms with Crippen molar-refractivity contribution in [3.8, 4) is 11.8 Å². The van der Waals surface area contributed by atoms with Gasteiger partial charge in [-0.3, -0.25) is 14.4 Å². The normalized spacial score (nSPS) is 13.2. The molecule has 7 nitrogen and oxygen atoms in total. The summed E-state index contributed by atoms with van der Waals surface area (Å²) in [6, 6.07) is 13.0. The standard InChI is InChI=1S/C20H15N3O4/c1-12(8-9-21)23-19(25)16-7-6-13(10-17(16)20(23)26)18(24)22-14-4-3-5-15(11-14)27-2/h3-8,10-11H,1-2H3,(H,22,24)/b12-8+. The number of allylic oxidation sites excluding steroid dienone is 2. The topological polar surface area (TPSA) is 99.5 Å². The Hall–Kier alpha value is -3.92. The number of nitriles is 1. The summed E-state index contributed by atoms with van der Waals surface area (Å²) < 4.78 is 5.12. The summed E-state index contributed by atoms with van der Waals surface area (Å²) in [6.45, 7) is 1.50. The van der Waals surface area contributed by atoms with Gasteiger partial charge in [0.2, 0.25) is 0 Å². The van der Waals surface area contributed by atoms with Gasteiger partial charge >= 0.3 is 0 Å². The van der Waals surface area contributed by atoms with Crippen LogP contribution in [0.5, 0.6) is 5.75 Å². The summed E-state index contributed by atoms with van der Waals surface area (Å²) in [5.74, 6) is -0.902. The first-order chi connectivity index (χ1) is 13.0. The number of carbonyl (C=O) groups excluding carboxylic acids is 3. The van der Waals surface area contributed by atoms with Gasteiger partial charge in [0.1, 0.15) is 5.75 Å². The van der Waals surface area contributed by atoms with E-state index < -0.39 is 17.7 Å². The minimum absolute atomic E-state index is 0.129. The van der Waals surface area contributed by atoms with Gasteiger partial charge in [0.25, 0.3) is 17.7 Å². The first kappa shape index (κ1) is 17.9. The molecule has 0 atom stereocenters. The molecule has 134 valence electrons. The fraction of sp³-hybridized carbons (Fsp3) is 0.100. The molecular formula is C20H15N3O4. The van der Waals surface area contributed by atoms with Crippen molar-refractivity contribution in [2.75, 3.05) is 12.4 Å². The minimum Gasteiger partial charge on any atom is -0.497 e. The predicted molar refractivity (Wildman–Crippen MR) is 97.3 cm³/mol. The van der Waals surface area contributed by atoms with E-state index in [1.807, 2.05) is 0 Å². The van der Waals surface area contributed by atoms with Gasteiger partial charge in [-0.25, -0.2) is 4.90 Å². The highest BCUT2D eigenvalue weighted by Crippen LogP contribution is 2.27. The highest BCUT2D eigenvalue weighted by atomic mass is 16.5. The van der Waals surface area contributed by atoms with Crippen LogP contribution in [0.4, 0.5) is 5.69 Å². The first-order valence-electron chi connectivity index (χ1n) is 8.01. The molecule has 0 saturated heterocycles. The molecule has 0 aromatic heterocycles. The van der Waals surface area contributed by atoms with Crippen LogP contribution in [-0.4, -0.2) is 29.7 Å². The van der Waals surface area contributed by atoms with Crippen LogP contribution in [0.25, 0.3) is 0 Å². The van der Waals surface area contributed by atoms with Gasteiger partial charge < -0.3 is 10.1 Å². The lowest BCUT2D eigenvalue weighted by atomic mass is 10.1. The van der Waals surface area contributed by atoms with Gasteiger partial charge in [-0.1, -0.05) is 6.07 Å². The highest BCUT2D eigenvalue weighted by molar-refractivity contribution is 6.23. The van der Waals surface area contributed by atoms with Crippen LogP contribution in [0.2, 0.25) is 0 Å². The summed E-state index contributed by atoms with van der Waals surface area (Å²) in [4.78, 5) is 38.4. The van der Waals surface area contributed by atoms with E-state index in [2.05, 4.69) is 5.32 Å². The van der Waals surface area contributed by atoms with E-state index in [0.29, 0.717) is 11.4 Å². The third-order valence-corrected chi connectivity index (χ3v) is 4.10. The number of ether oxygens (including phenoxy) is 1.